The highest BCUT2D eigenvalue weighted by Crippen LogP contribution is 2.29. The molecule has 0 aliphatic carbocycles. The monoisotopic (exact) mass is 457 g/mol. The first-order valence-corrected chi connectivity index (χ1v) is 11.4. The molecule has 0 unspecified atom stereocenters. The lowest BCUT2D eigenvalue weighted by atomic mass is 10.1. The number of hydrogen-bond donors (Lipinski definition) is 0. The molecule has 0 saturated heterocycles. The van der Waals surface area contributed by atoms with E-state index in [0.29, 0.717) is 12.5 Å². The van der Waals surface area contributed by atoms with Gasteiger partial charge in [-0.15, -0.1) is 0 Å². The van der Waals surface area contributed by atoms with E-state index < -0.39 is 0 Å². The van der Waals surface area contributed by atoms with Crippen molar-refractivity contribution >= 4 is 39.7 Å². The van der Waals surface area contributed by atoms with E-state index in [-0.39, 0.29) is 0 Å². The van der Waals surface area contributed by atoms with Crippen LogP contribution in [-0.4, -0.2) is 31.0 Å². The minimum atomic E-state index is 0.544. The summed E-state index contributed by atoms with van der Waals surface area (Å²) in [6, 6.07) is 34.9. The Morgan fingerprint density at radius 2 is 1.51 bits per heavy atom. The van der Waals surface area contributed by atoms with E-state index in [1.54, 1.807) is 9.69 Å². The molecule has 4 aromatic carbocycles. The van der Waals surface area contributed by atoms with Gasteiger partial charge in [-0.25, -0.2) is 4.68 Å². The highest BCUT2D eigenvalue weighted by Gasteiger charge is 2.17. The third-order valence-corrected chi connectivity index (χ3v) is 6.14. The summed E-state index contributed by atoms with van der Waals surface area (Å²) in [5.41, 5.74) is 5.38. The third kappa shape index (κ3) is 3.93. The van der Waals surface area contributed by atoms with Crippen molar-refractivity contribution in [1.82, 2.24) is 24.8 Å². The van der Waals surface area contributed by atoms with Crippen LogP contribution in [0, 0.1) is 0 Å². The molecule has 0 N–H and O–H groups in total. The van der Waals surface area contributed by atoms with Gasteiger partial charge >= 0.3 is 0 Å². The molecule has 2 heterocycles. The van der Waals surface area contributed by atoms with E-state index in [1.807, 2.05) is 54.7 Å². The van der Waals surface area contributed by atoms with Crippen molar-refractivity contribution in [3.8, 4) is 0 Å². The molecule has 0 bridgehead atoms. The molecule has 0 saturated carbocycles. The average molecular weight is 458 g/mol. The van der Waals surface area contributed by atoms with Crippen molar-refractivity contribution in [3.63, 3.8) is 0 Å². The summed E-state index contributed by atoms with van der Waals surface area (Å²) < 4.78 is 3.98. The molecule has 35 heavy (non-hydrogen) atoms. The number of tetrazole rings is 1. The van der Waals surface area contributed by atoms with Gasteiger partial charge in [-0.1, -0.05) is 77.9 Å². The van der Waals surface area contributed by atoms with E-state index in [1.165, 1.54) is 21.8 Å². The fourth-order valence-electron chi connectivity index (χ4n) is 4.40. The quantitative estimate of drug-likeness (QED) is 0.243. The fraction of sp³-hybridized carbons (Fsp3) is 0.0714. The summed E-state index contributed by atoms with van der Waals surface area (Å²) >= 11 is 0. The number of hydrazone groups is 1. The van der Waals surface area contributed by atoms with Crippen LogP contribution in [0.15, 0.2) is 108 Å². The van der Waals surface area contributed by atoms with Crippen molar-refractivity contribution in [2.24, 2.45) is 12.1 Å². The Kier molecular flexibility index (Phi) is 5.27. The number of fused-ring (bicyclic) bond motifs is 3. The smallest absolute Gasteiger partial charge is 0.271 e. The van der Waals surface area contributed by atoms with E-state index in [9.17, 15) is 0 Å². The van der Waals surface area contributed by atoms with E-state index in [4.69, 9.17) is 5.10 Å². The Balaban J connectivity index is 1.40. The lowest BCUT2D eigenvalue weighted by Crippen LogP contribution is -2.16. The zero-order chi connectivity index (χ0) is 23.6. The van der Waals surface area contributed by atoms with Crippen molar-refractivity contribution in [3.05, 3.63) is 114 Å². The average Bonchev–Trinajstić information content (AvgIpc) is 3.48. The first-order chi connectivity index (χ1) is 17.3. The number of benzene rings is 4. The standard InChI is InChI=1S/C28H23N7/c1-33-26-15-9-8-14-24(26)25-18-22(16-17-27(25)33)19-29-35(23-12-6-3-7-13-23)28-30-31-32-34(28)20-21-10-4-2-5-11-21/h2-19H,20H2,1H3/b29-19-. The van der Waals surface area contributed by atoms with Crippen LogP contribution in [0.2, 0.25) is 0 Å². The van der Waals surface area contributed by atoms with Crippen LogP contribution in [0.4, 0.5) is 11.6 Å². The predicted octanol–water partition coefficient (Wildman–Crippen LogP) is 5.54. The molecular weight excluding hydrogens is 434 g/mol. The van der Waals surface area contributed by atoms with Crippen LogP contribution >= 0.6 is 0 Å². The normalized spacial score (nSPS) is 11.6. The SMILES string of the molecule is Cn1c2ccccc2c2cc(/C=N\N(c3ccccc3)c3nnnn3Cc3ccccc3)ccc21. The lowest BCUT2D eigenvalue weighted by molar-refractivity contribution is 0.645. The van der Waals surface area contributed by atoms with Crippen molar-refractivity contribution < 1.29 is 0 Å². The molecule has 170 valence electrons. The molecule has 6 aromatic rings. The maximum Gasteiger partial charge on any atom is 0.271 e. The highest BCUT2D eigenvalue weighted by atomic mass is 15.6. The Hall–Kier alpha value is -4.78. The first kappa shape index (κ1) is 20.8. The van der Waals surface area contributed by atoms with Gasteiger partial charge in [0.15, 0.2) is 0 Å². The van der Waals surface area contributed by atoms with Gasteiger partial charge < -0.3 is 4.57 Å². The first-order valence-electron chi connectivity index (χ1n) is 11.4. The van der Waals surface area contributed by atoms with Crippen LogP contribution in [0.5, 0.6) is 0 Å². The van der Waals surface area contributed by atoms with Gasteiger partial charge in [0.05, 0.1) is 18.4 Å². The van der Waals surface area contributed by atoms with Gasteiger partial charge in [-0.2, -0.15) is 10.1 Å². The third-order valence-electron chi connectivity index (χ3n) is 6.14. The van der Waals surface area contributed by atoms with Crippen molar-refractivity contribution in [2.45, 2.75) is 6.54 Å². The minimum absolute atomic E-state index is 0.544. The summed E-state index contributed by atoms with van der Waals surface area (Å²) in [6.07, 6.45) is 1.86. The summed E-state index contributed by atoms with van der Waals surface area (Å²) in [7, 11) is 2.10. The lowest BCUT2D eigenvalue weighted by Gasteiger charge is -2.17. The molecule has 0 radical (unpaired) electrons. The van der Waals surface area contributed by atoms with Gasteiger partial charge in [0.2, 0.25) is 0 Å². The molecule has 0 aliphatic rings. The van der Waals surface area contributed by atoms with Gasteiger partial charge in [0, 0.05) is 28.9 Å². The number of aromatic nitrogens is 5. The minimum Gasteiger partial charge on any atom is -0.344 e. The summed E-state index contributed by atoms with van der Waals surface area (Å²) in [5.74, 6) is 0.544. The highest BCUT2D eigenvalue weighted by molar-refractivity contribution is 6.09. The Morgan fingerprint density at radius 3 is 2.34 bits per heavy atom. The van der Waals surface area contributed by atoms with E-state index in [2.05, 4.69) is 81.7 Å². The van der Waals surface area contributed by atoms with Gasteiger partial charge in [0.25, 0.3) is 5.95 Å². The van der Waals surface area contributed by atoms with Gasteiger partial charge in [0.1, 0.15) is 0 Å². The Labute approximate surface area is 202 Å². The Bertz CT molecular complexity index is 1630. The van der Waals surface area contributed by atoms with Crippen molar-refractivity contribution in [1.29, 1.82) is 0 Å². The summed E-state index contributed by atoms with van der Waals surface area (Å²) in [6.45, 7) is 0.546. The molecule has 6 rings (SSSR count). The van der Waals surface area contributed by atoms with Crippen LogP contribution in [0.1, 0.15) is 11.1 Å². The number of hydrogen-bond acceptors (Lipinski definition) is 5. The van der Waals surface area contributed by atoms with Crippen molar-refractivity contribution in [2.75, 3.05) is 5.01 Å². The van der Waals surface area contributed by atoms with Gasteiger partial charge in [-0.05, 0) is 51.9 Å². The molecule has 0 fully saturated rings. The molecule has 2 aromatic heterocycles. The molecule has 0 aliphatic heterocycles. The molecule has 0 atom stereocenters. The second-order valence-electron chi connectivity index (χ2n) is 8.37. The van der Waals surface area contributed by atoms with Crippen LogP contribution < -0.4 is 5.01 Å². The number of anilines is 2. The fourth-order valence-corrected chi connectivity index (χ4v) is 4.40. The molecule has 0 amide bonds. The molecule has 7 heteroatoms. The van der Waals surface area contributed by atoms with Crippen LogP contribution in [0.3, 0.4) is 0 Å². The summed E-state index contributed by atoms with van der Waals surface area (Å²) in [5, 5.41) is 21.5. The topological polar surface area (TPSA) is 64.1 Å². The zero-order valence-corrected chi connectivity index (χ0v) is 19.2. The van der Waals surface area contributed by atoms with Crippen LogP contribution in [0.25, 0.3) is 21.8 Å². The van der Waals surface area contributed by atoms with Gasteiger partial charge in [-0.3, -0.25) is 0 Å². The summed E-state index contributed by atoms with van der Waals surface area (Å²) in [4.78, 5) is 0. The second kappa shape index (κ2) is 8.87. The number of rotatable bonds is 6. The predicted molar refractivity (Wildman–Crippen MR) is 140 cm³/mol. The zero-order valence-electron chi connectivity index (χ0n) is 19.2. The number of para-hydroxylation sites is 2. The Morgan fingerprint density at radius 1 is 0.800 bits per heavy atom. The maximum absolute atomic E-state index is 4.84. The number of aryl methyl sites for hydroxylation is 1. The van der Waals surface area contributed by atoms with E-state index in [0.717, 1.165) is 16.8 Å². The number of nitrogens with zero attached hydrogens (tertiary/aromatic N) is 7. The molecular formula is C28H23N7. The van der Waals surface area contributed by atoms with E-state index >= 15 is 0 Å². The largest absolute Gasteiger partial charge is 0.344 e. The van der Waals surface area contributed by atoms with Crippen LogP contribution in [-0.2, 0) is 13.6 Å². The maximum atomic E-state index is 4.84. The second-order valence-corrected chi connectivity index (χ2v) is 8.37. The molecule has 0 spiro atoms. The molecule has 7 nitrogen and oxygen atoms in total.